The van der Waals surface area contributed by atoms with Gasteiger partial charge in [-0.05, 0) is 19.3 Å². The van der Waals surface area contributed by atoms with Crippen molar-refractivity contribution < 1.29 is 23.1 Å². The lowest BCUT2D eigenvalue weighted by atomic mass is 9.84. The highest BCUT2D eigenvalue weighted by Gasteiger charge is 2.32. The van der Waals surface area contributed by atoms with Gasteiger partial charge in [-0.2, -0.15) is 0 Å². The third-order valence-corrected chi connectivity index (χ3v) is 4.52. The topological polar surface area (TPSA) is 127 Å². The highest BCUT2D eigenvalue weighted by Crippen LogP contribution is 2.24. The normalized spacial score (nSPS) is 24.9. The zero-order chi connectivity index (χ0) is 15.3. The summed E-state index contributed by atoms with van der Waals surface area (Å²) in [5, 5.41) is 11.8. The van der Waals surface area contributed by atoms with Crippen molar-refractivity contribution in [2.45, 2.75) is 44.2 Å². The molecule has 7 nitrogen and oxygen atoms in total. The second-order valence-electron chi connectivity index (χ2n) is 5.37. The second-order valence-corrected chi connectivity index (χ2v) is 7.63. The van der Waals surface area contributed by atoms with Crippen LogP contribution in [-0.2, 0) is 19.4 Å². The van der Waals surface area contributed by atoms with Crippen LogP contribution in [0.1, 0.15) is 32.1 Å². The SMILES string of the molecule is CS(=O)(=O)CCC(N)C(=O)NC1CCCCC1C(=O)O. The summed E-state index contributed by atoms with van der Waals surface area (Å²) in [7, 11) is -3.16. The molecule has 0 spiro atoms. The van der Waals surface area contributed by atoms with E-state index < -0.39 is 39.7 Å². The van der Waals surface area contributed by atoms with Gasteiger partial charge in [0.1, 0.15) is 9.84 Å². The average molecular weight is 306 g/mol. The first kappa shape index (κ1) is 16.9. The van der Waals surface area contributed by atoms with E-state index in [0.29, 0.717) is 12.8 Å². The van der Waals surface area contributed by atoms with Crippen molar-refractivity contribution in [1.29, 1.82) is 0 Å². The van der Waals surface area contributed by atoms with Crippen molar-refractivity contribution >= 4 is 21.7 Å². The predicted octanol–water partition coefficient (Wildman–Crippen LogP) is -0.492. The van der Waals surface area contributed by atoms with E-state index in [0.717, 1.165) is 19.1 Å². The van der Waals surface area contributed by atoms with E-state index in [1.54, 1.807) is 0 Å². The van der Waals surface area contributed by atoms with Crippen LogP contribution in [-0.4, -0.2) is 49.5 Å². The van der Waals surface area contributed by atoms with Crippen LogP contribution in [0.15, 0.2) is 0 Å². The highest BCUT2D eigenvalue weighted by atomic mass is 32.2. The first-order valence-electron chi connectivity index (χ1n) is 6.67. The number of rotatable bonds is 6. The van der Waals surface area contributed by atoms with E-state index >= 15 is 0 Å². The molecule has 4 N–H and O–H groups in total. The summed E-state index contributed by atoms with van der Waals surface area (Å²) in [6.07, 6.45) is 3.98. The Labute approximate surface area is 118 Å². The van der Waals surface area contributed by atoms with Crippen LogP contribution >= 0.6 is 0 Å². The van der Waals surface area contributed by atoms with Crippen LogP contribution in [0.5, 0.6) is 0 Å². The number of aliphatic carboxylic acids is 1. The van der Waals surface area contributed by atoms with Gasteiger partial charge in [0.05, 0.1) is 17.7 Å². The van der Waals surface area contributed by atoms with Gasteiger partial charge in [-0.3, -0.25) is 9.59 Å². The largest absolute Gasteiger partial charge is 0.481 e. The number of carbonyl (C=O) groups excluding carboxylic acids is 1. The molecule has 116 valence electrons. The first-order chi connectivity index (χ1) is 9.20. The van der Waals surface area contributed by atoms with Crippen molar-refractivity contribution in [2.75, 3.05) is 12.0 Å². The van der Waals surface area contributed by atoms with E-state index in [4.69, 9.17) is 10.8 Å². The van der Waals surface area contributed by atoms with Crippen LogP contribution in [0.2, 0.25) is 0 Å². The van der Waals surface area contributed by atoms with Crippen LogP contribution in [0, 0.1) is 5.92 Å². The predicted molar refractivity (Wildman–Crippen MR) is 73.8 cm³/mol. The minimum Gasteiger partial charge on any atom is -0.481 e. The monoisotopic (exact) mass is 306 g/mol. The number of carbonyl (C=O) groups is 2. The molecule has 0 radical (unpaired) electrons. The van der Waals surface area contributed by atoms with Gasteiger partial charge in [0.2, 0.25) is 5.91 Å². The summed E-state index contributed by atoms with van der Waals surface area (Å²) in [6, 6.07) is -1.35. The molecule has 3 unspecified atom stereocenters. The number of hydrogen-bond acceptors (Lipinski definition) is 5. The second kappa shape index (κ2) is 7.03. The van der Waals surface area contributed by atoms with Gasteiger partial charge in [-0.25, -0.2) is 8.42 Å². The standard InChI is InChI=1S/C12H22N2O5S/c1-20(18,19)7-6-9(13)11(15)14-10-5-3-2-4-8(10)12(16)17/h8-10H,2-7,13H2,1H3,(H,14,15)(H,16,17). The van der Waals surface area contributed by atoms with Gasteiger partial charge >= 0.3 is 5.97 Å². The third kappa shape index (κ3) is 5.46. The molecule has 0 saturated heterocycles. The van der Waals surface area contributed by atoms with Gasteiger partial charge in [-0.1, -0.05) is 12.8 Å². The number of nitrogens with one attached hydrogen (secondary N) is 1. The molecule has 8 heteroatoms. The third-order valence-electron chi connectivity index (χ3n) is 3.55. The lowest BCUT2D eigenvalue weighted by molar-refractivity contribution is -0.144. The Bertz CT molecular complexity index is 462. The number of nitrogens with two attached hydrogens (primary N) is 1. The van der Waals surface area contributed by atoms with Gasteiger partial charge in [-0.15, -0.1) is 0 Å². The summed E-state index contributed by atoms with van der Waals surface area (Å²) < 4.78 is 22.0. The Morgan fingerprint density at radius 2 is 1.95 bits per heavy atom. The molecule has 0 aliphatic heterocycles. The van der Waals surface area contributed by atoms with Crippen molar-refractivity contribution in [3.05, 3.63) is 0 Å². The lowest BCUT2D eigenvalue weighted by Crippen LogP contribution is -2.50. The average Bonchev–Trinajstić information content (AvgIpc) is 2.35. The molecule has 0 bridgehead atoms. The molecule has 1 rings (SSSR count). The summed E-state index contributed by atoms with van der Waals surface area (Å²) in [6.45, 7) is 0. The summed E-state index contributed by atoms with van der Waals surface area (Å²) in [5.74, 6) is -2.14. The Hall–Kier alpha value is -1.15. The van der Waals surface area contributed by atoms with Crippen molar-refractivity contribution in [3.8, 4) is 0 Å². The minimum atomic E-state index is -3.16. The Balaban J connectivity index is 2.53. The minimum absolute atomic E-state index is 0.0368. The molecule has 0 heterocycles. The van der Waals surface area contributed by atoms with E-state index in [1.165, 1.54) is 0 Å². The van der Waals surface area contributed by atoms with Gasteiger partial charge < -0.3 is 16.2 Å². The number of carboxylic acid groups (broad SMARTS) is 1. The van der Waals surface area contributed by atoms with Gasteiger partial charge in [0.25, 0.3) is 0 Å². The maximum absolute atomic E-state index is 11.9. The summed E-state index contributed by atoms with van der Waals surface area (Å²) >= 11 is 0. The molecule has 1 saturated carbocycles. The van der Waals surface area contributed by atoms with Gasteiger partial charge in [0, 0.05) is 12.3 Å². The molecule has 1 amide bonds. The maximum Gasteiger partial charge on any atom is 0.308 e. The molecule has 1 aliphatic carbocycles. The van der Waals surface area contributed by atoms with E-state index in [-0.39, 0.29) is 12.2 Å². The molecule has 0 aromatic carbocycles. The number of sulfone groups is 1. The number of hydrogen-bond donors (Lipinski definition) is 3. The molecule has 1 aliphatic rings. The van der Waals surface area contributed by atoms with E-state index in [1.807, 2.05) is 0 Å². The Morgan fingerprint density at radius 1 is 1.35 bits per heavy atom. The van der Waals surface area contributed by atoms with Crippen molar-refractivity contribution in [1.82, 2.24) is 5.32 Å². The Kier molecular flexibility index (Phi) is 5.94. The van der Waals surface area contributed by atoms with E-state index in [2.05, 4.69) is 5.32 Å². The van der Waals surface area contributed by atoms with E-state index in [9.17, 15) is 18.0 Å². The van der Waals surface area contributed by atoms with Crippen LogP contribution in [0.3, 0.4) is 0 Å². The molecule has 0 aromatic heterocycles. The zero-order valence-corrected chi connectivity index (χ0v) is 12.4. The Morgan fingerprint density at radius 3 is 2.50 bits per heavy atom. The molecular formula is C12H22N2O5S. The number of carboxylic acids is 1. The fraction of sp³-hybridized carbons (Fsp3) is 0.833. The smallest absolute Gasteiger partial charge is 0.308 e. The first-order valence-corrected chi connectivity index (χ1v) is 8.73. The summed E-state index contributed by atoms with van der Waals surface area (Å²) in [4.78, 5) is 23.0. The fourth-order valence-electron chi connectivity index (χ4n) is 2.36. The molecule has 0 aromatic rings. The van der Waals surface area contributed by atoms with Crippen molar-refractivity contribution in [3.63, 3.8) is 0 Å². The highest BCUT2D eigenvalue weighted by molar-refractivity contribution is 7.90. The molecule has 1 fully saturated rings. The maximum atomic E-state index is 11.9. The van der Waals surface area contributed by atoms with Crippen LogP contribution in [0.4, 0.5) is 0 Å². The van der Waals surface area contributed by atoms with Crippen LogP contribution < -0.4 is 11.1 Å². The van der Waals surface area contributed by atoms with Crippen LogP contribution in [0.25, 0.3) is 0 Å². The number of amides is 1. The lowest BCUT2D eigenvalue weighted by Gasteiger charge is -2.30. The quantitative estimate of drug-likeness (QED) is 0.607. The van der Waals surface area contributed by atoms with Crippen molar-refractivity contribution in [2.24, 2.45) is 11.7 Å². The fourth-order valence-corrected chi connectivity index (χ4v) is 3.04. The molecule has 3 atom stereocenters. The molecule has 20 heavy (non-hydrogen) atoms. The summed E-state index contributed by atoms with van der Waals surface area (Å²) in [5.41, 5.74) is 5.64. The van der Waals surface area contributed by atoms with Gasteiger partial charge in [0.15, 0.2) is 0 Å². The zero-order valence-electron chi connectivity index (χ0n) is 11.5. The molecular weight excluding hydrogens is 284 g/mol.